The van der Waals surface area contributed by atoms with Gasteiger partial charge in [0.15, 0.2) is 0 Å². The van der Waals surface area contributed by atoms with Crippen molar-refractivity contribution in [1.82, 2.24) is 4.90 Å². The second-order valence-corrected chi connectivity index (χ2v) is 7.27. The van der Waals surface area contributed by atoms with Gasteiger partial charge in [0.25, 0.3) is 0 Å². The number of likely N-dealkylation sites (N-methyl/N-ethyl adjacent to an activating group) is 1. The first kappa shape index (κ1) is 25.1. The molecule has 5 heteroatoms. The van der Waals surface area contributed by atoms with Crippen LogP contribution in [0.25, 0.3) is 0 Å². The van der Waals surface area contributed by atoms with Gasteiger partial charge in [-0.25, -0.2) is 0 Å². The summed E-state index contributed by atoms with van der Waals surface area (Å²) in [6.45, 7) is 2.29. The minimum atomic E-state index is -2.17. The highest BCUT2D eigenvalue weighted by molar-refractivity contribution is 6.30. The van der Waals surface area contributed by atoms with Gasteiger partial charge in [-0.1, -0.05) is 95.0 Å². The maximum absolute atomic E-state index is 7.17. The molecule has 0 aliphatic heterocycles. The van der Waals surface area contributed by atoms with Crippen molar-refractivity contribution in [2.45, 2.75) is 83.6 Å². The molecule has 26 heavy (non-hydrogen) atoms. The summed E-state index contributed by atoms with van der Waals surface area (Å²) in [6, 6.07) is 11.6. The molecule has 1 atom stereocenters. The molecule has 1 aromatic carbocycles. The Kier molecular flexibility index (Phi) is 16.9. The van der Waals surface area contributed by atoms with Crippen molar-refractivity contribution in [1.29, 1.82) is 0 Å². The van der Waals surface area contributed by atoms with Crippen LogP contribution in [0.4, 0.5) is 0 Å². The Morgan fingerprint density at radius 3 is 1.73 bits per heavy atom. The summed E-state index contributed by atoms with van der Waals surface area (Å²) in [4.78, 5) is 2.40. The van der Waals surface area contributed by atoms with Gasteiger partial charge in [-0.3, -0.25) is 0 Å². The third kappa shape index (κ3) is 16.6. The topological polar surface area (TPSA) is 63.9 Å². The monoisotopic (exact) mass is 365 g/mol. The molecule has 4 nitrogen and oxygen atoms in total. The van der Waals surface area contributed by atoms with Gasteiger partial charge in [-0.05, 0) is 32.5 Å². The highest BCUT2D eigenvalue weighted by Gasteiger charge is 2.11. The van der Waals surface area contributed by atoms with Crippen LogP contribution in [-0.2, 0) is 6.42 Å². The summed E-state index contributed by atoms with van der Waals surface area (Å²) in [6.07, 6.45) is 15.3. The van der Waals surface area contributed by atoms with Crippen molar-refractivity contribution in [2.24, 2.45) is 0 Å². The molecule has 0 radical (unpaired) electrons. The normalized spacial score (nSPS) is 11.8. The van der Waals surface area contributed by atoms with Gasteiger partial charge in [0.05, 0.1) is 0 Å². The van der Waals surface area contributed by atoms with E-state index in [9.17, 15) is 0 Å². The first-order valence-corrected chi connectivity index (χ1v) is 10.2. The van der Waals surface area contributed by atoms with E-state index in [1.54, 1.807) is 0 Å². The molecule has 3 N–H and O–H groups in total. The molecule has 0 fully saturated rings. The van der Waals surface area contributed by atoms with Crippen molar-refractivity contribution < 1.29 is 15.1 Å². The van der Waals surface area contributed by atoms with Gasteiger partial charge in [-0.2, -0.15) is 0 Å². The van der Waals surface area contributed by atoms with Crippen LogP contribution in [0.3, 0.4) is 0 Å². The number of unbranched alkanes of at least 4 members (excludes halogenated alkanes) is 8. The molecule has 1 aromatic rings. The van der Waals surface area contributed by atoms with Gasteiger partial charge < -0.3 is 20.0 Å². The average molecular weight is 365 g/mol. The predicted molar refractivity (Wildman–Crippen MR) is 112 cm³/mol. The van der Waals surface area contributed by atoms with E-state index >= 15 is 0 Å². The van der Waals surface area contributed by atoms with Crippen LogP contribution in [0, 0.1) is 0 Å². The van der Waals surface area contributed by atoms with Crippen molar-refractivity contribution in [3.8, 4) is 0 Å². The van der Waals surface area contributed by atoms with E-state index in [4.69, 9.17) is 15.1 Å². The van der Waals surface area contributed by atoms with E-state index in [1.807, 2.05) is 0 Å². The number of hydrogen-bond acceptors (Lipinski definition) is 4. The van der Waals surface area contributed by atoms with Crippen molar-refractivity contribution in [3.05, 3.63) is 35.9 Å². The molecule has 0 amide bonds. The third-order valence-corrected chi connectivity index (χ3v) is 4.69. The molecule has 0 heterocycles. The molecule has 0 aromatic heterocycles. The lowest BCUT2D eigenvalue weighted by atomic mass is 9.98. The third-order valence-electron chi connectivity index (χ3n) is 4.69. The Morgan fingerprint density at radius 2 is 1.27 bits per heavy atom. The Labute approximate surface area is 161 Å². The van der Waals surface area contributed by atoms with E-state index in [1.165, 1.54) is 76.2 Å². The van der Waals surface area contributed by atoms with Crippen molar-refractivity contribution >= 4 is 7.32 Å². The van der Waals surface area contributed by atoms with Gasteiger partial charge in [-0.15, -0.1) is 0 Å². The minimum absolute atomic E-state index is 0.687. The Bertz CT molecular complexity index is 399. The number of benzene rings is 1. The summed E-state index contributed by atoms with van der Waals surface area (Å²) < 4.78 is 0. The Balaban J connectivity index is 0.00000141. The largest absolute Gasteiger partial charge is 0.631 e. The molecule has 0 spiro atoms. The molecule has 150 valence electrons. The molecule has 0 saturated heterocycles. The van der Waals surface area contributed by atoms with Gasteiger partial charge in [0.1, 0.15) is 0 Å². The molecule has 0 aliphatic rings. The highest BCUT2D eigenvalue weighted by atomic mass is 16.5. The SMILES string of the molecule is CCCCCCCCCCCC(Cc1ccccc1)N(C)C.OB(O)O. The lowest BCUT2D eigenvalue weighted by Gasteiger charge is -2.24. The maximum atomic E-state index is 7.17. The Hall–Kier alpha value is -0.875. The zero-order valence-electron chi connectivity index (χ0n) is 17.1. The standard InChI is InChI=1S/C21H37N.BH3O3/c1-4-5-6-7-8-9-10-11-15-18-21(22(2)3)19-20-16-13-12-14-17-20;2-1(3)4/h12-14,16-17,21H,4-11,15,18-19H2,1-3H3;2-4H. The second-order valence-electron chi connectivity index (χ2n) is 7.27. The summed E-state index contributed by atoms with van der Waals surface area (Å²) in [5.74, 6) is 0. The molecular formula is C21H40BNO3. The van der Waals surface area contributed by atoms with Crippen LogP contribution in [0.15, 0.2) is 30.3 Å². The second kappa shape index (κ2) is 17.5. The molecule has 0 aliphatic carbocycles. The zero-order chi connectivity index (χ0) is 19.6. The lowest BCUT2D eigenvalue weighted by molar-refractivity contribution is 0.269. The van der Waals surface area contributed by atoms with Crippen molar-refractivity contribution in [2.75, 3.05) is 14.1 Å². The van der Waals surface area contributed by atoms with Crippen LogP contribution in [-0.4, -0.2) is 47.4 Å². The summed E-state index contributed by atoms with van der Waals surface area (Å²) in [7, 11) is 2.28. The van der Waals surface area contributed by atoms with E-state index in [0.29, 0.717) is 6.04 Å². The minimum Gasteiger partial charge on any atom is -0.402 e. The van der Waals surface area contributed by atoms with Crippen molar-refractivity contribution in [3.63, 3.8) is 0 Å². The number of nitrogens with zero attached hydrogens (tertiary/aromatic N) is 1. The fourth-order valence-corrected chi connectivity index (χ4v) is 3.12. The quantitative estimate of drug-likeness (QED) is 0.365. The first-order chi connectivity index (χ1) is 12.5. The zero-order valence-corrected chi connectivity index (χ0v) is 17.1. The van der Waals surface area contributed by atoms with E-state index < -0.39 is 7.32 Å². The molecule has 1 rings (SSSR count). The molecular weight excluding hydrogens is 325 g/mol. The van der Waals surface area contributed by atoms with E-state index in [2.05, 4.69) is 56.3 Å². The van der Waals surface area contributed by atoms with Crippen LogP contribution < -0.4 is 0 Å². The maximum Gasteiger partial charge on any atom is 0.631 e. The smallest absolute Gasteiger partial charge is 0.402 e. The molecule has 0 saturated carbocycles. The van der Waals surface area contributed by atoms with Crippen LogP contribution in [0.2, 0.25) is 0 Å². The van der Waals surface area contributed by atoms with E-state index in [-0.39, 0.29) is 0 Å². The fourth-order valence-electron chi connectivity index (χ4n) is 3.12. The van der Waals surface area contributed by atoms with Gasteiger partial charge >= 0.3 is 7.32 Å². The van der Waals surface area contributed by atoms with E-state index in [0.717, 1.165) is 0 Å². The fraction of sp³-hybridized carbons (Fsp3) is 0.714. The highest BCUT2D eigenvalue weighted by Crippen LogP contribution is 2.15. The van der Waals surface area contributed by atoms with Crippen LogP contribution in [0.5, 0.6) is 0 Å². The van der Waals surface area contributed by atoms with Crippen LogP contribution >= 0.6 is 0 Å². The number of hydrogen-bond donors (Lipinski definition) is 3. The van der Waals surface area contributed by atoms with Gasteiger partial charge in [0.2, 0.25) is 0 Å². The lowest BCUT2D eigenvalue weighted by Crippen LogP contribution is -2.30. The summed E-state index contributed by atoms with van der Waals surface area (Å²) in [5, 5.41) is 21.5. The predicted octanol–water partition coefficient (Wildman–Crippen LogP) is 4.03. The number of rotatable bonds is 13. The first-order valence-electron chi connectivity index (χ1n) is 10.2. The molecule has 1 unspecified atom stereocenters. The summed E-state index contributed by atoms with van der Waals surface area (Å²) >= 11 is 0. The molecule has 0 bridgehead atoms. The summed E-state index contributed by atoms with van der Waals surface area (Å²) in [5.41, 5.74) is 1.47. The van der Waals surface area contributed by atoms with Gasteiger partial charge in [0, 0.05) is 6.04 Å². The van der Waals surface area contributed by atoms with Crippen LogP contribution in [0.1, 0.15) is 76.7 Å². The average Bonchev–Trinajstić information content (AvgIpc) is 2.59. The Morgan fingerprint density at radius 1 is 0.808 bits per heavy atom.